The Kier molecular flexibility index (Phi) is 7.04. The molecule has 1 fully saturated rings. The topological polar surface area (TPSA) is 12.0 Å². The highest BCUT2D eigenvalue weighted by Crippen LogP contribution is 2.33. The van der Waals surface area contributed by atoms with E-state index in [1.807, 2.05) is 6.07 Å². The van der Waals surface area contributed by atoms with Crippen LogP contribution in [-0.4, -0.2) is 12.6 Å². The number of hydrogen-bond donors (Lipinski definition) is 1. The fourth-order valence-corrected chi connectivity index (χ4v) is 4.11. The van der Waals surface area contributed by atoms with Gasteiger partial charge in [-0.3, -0.25) is 0 Å². The molecule has 0 heterocycles. The summed E-state index contributed by atoms with van der Waals surface area (Å²) in [7, 11) is 0. The van der Waals surface area contributed by atoms with Gasteiger partial charge >= 0.3 is 0 Å². The van der Waals surface area contributed by atoms with Crippen LogP contribution in [0.4, 0.5) is 0 Å². The minimum atomic E-state index is 0.574. The van der Waals surface area contributed by atoms with Crippen LogP contribution in [0.25, 0.3) is 0 Å². The molecule has 1 saturated carbocycles. The van der Waals surface area contributed by atoms with Crippen molar-refractivity contribution in [3.8, 4) is 0 Å². The number of benzene rings is 1. The van der Waals surface area contributed by atoms with Gasteiger partial charge in [0.15, 0.2) is 0 Å². The maximum atomic E-state index is 6.42. The summed E-state index contributed by atoms with van der Waals surface area (Å²) < 4.78 is 1.06. The second-order valence-electron chi connectivity index (χ2n) is 6.66. The van der Waals surface area contributed by atoms with Gasteiger partial charge in [-0.2, -0.15) is 0 Å². The quantitative estimate of drug-likeness (QED) is 0.640. The molecule has 21 heavy (non-hydrogen) atoms. The Hall–Kier alpha value is -0.0500. The Morgan fingerprint density at radius 3 is 2.57 bits per heavy atom. The minimum absolute atomic E-state index is 0.574. The summed E-state index contributed by atoms with van der Waals surface area (Å²) in [6.45, 7) is 5.62. The van der Waals surface area contributed by atoms with Gasteiger partial charge in [0.05, 0.1) is 0 Å². The summed E-state index contributed by atoms with van der Waals surface area (Å²) in [5.41, 5.74) is 1.31. The van der Waals surface area contributed by atoms with Crippen LogP contribution in [0.15, 0.2) is 22.7 Å². The van der Waals surface area contributed by atoms with Crippen molar-refractivity contribution in [2.45, 2.75) is 58.4 Å². The lowest BCUT2D eigenvalue weighted by molar-refractivity contribution is 0.291. The van der Waals surface area contributed by atoms with E-state index >= 15 is 0 Å². The minimum Gasteiger partial charge on any atom is -0.314 e. The van der Waals surface area contributed by atoms with E-state index in [4.69, 9.17) is 11.6 Å². The second kappa shape index (κ2) is 8.55. The van der Waals surface area contributed by atoms with Gasteiger partial charge < -0.3 is 5.32 Å². The van der Waals surface area contributed by atoms with Crippen molar-refractivity contribution in [2.24, 2.45) is 11.8 Å². The highest BCUT2D eigenvalue weighted by molar-refractivity contribution is 9.10. The summed E-state index contributed by atoms with van der Waals surface area (Å²) in [5, 5.41) is 4.55. The fraction of sp³-hybridized carbons (Fsp3) is 0.667. The molecule has 118 valence electrons. The van der Waals surface area contributed by atoms with E-state index in [9.17, 15) is 0 Å². The zero-order chi connectivity index (χ0) is 15.2. The summed E-state index contributed by atoms with van der Waals surface area (Å²) in [5.74, 6) is 1.55. The molecule has 0 aromatic heterocycles. The smallest absolute Gasteiger partial charge is 0.0449 e. The second-order valence-corrected chi connectivity index (χ2v) is 7.98. The molecule has 2 atom stereocenters. The first-order valence-electron chi connectivity index (χ1n) is 8.23. The number of hydrogen-bond acceptors (Lipinski definition) is 1. The molecule has 0 amide bonds. The summed E-state index contributed by atoms with van der Waals surface area (Å²) in [6, 6.07) is 6.89. The Bertz CT molecular complexity index is 447. The van der Waals surface area contributed by atoms with Crippen LogP contribution < -0.4 is 5.32 Å². The molecule has 0 bridgehead atoms. The van der Waals surface area contributed by atoms with Crippen LogP contribution in [0.2, 0.25) is 5.02 Å². The van der Waals surface area contributed by atoms with Gasteiger partial charge in [-0.15, -0.1) is 0 Å². The monoisotopic (exact) mass is 371 g/mol. The average Bonchev–Trinajstić information content (AvgIpc) is 2.65. The van der Waals surface area contributed by atoms with Gasteiger partial charge in [0.2, 0.25) is 0 Å². The van der Waals surface area contributed by atoms with Crippen LogP contribution in [0, 0.1) is 11.8 Å². The number of rotatable bonds is 5. The zero-order valence-corrected chi connectivity index (χ0v) is 15.5. The van der Waals surface area contributed by atoms with E-state index in [0.29, 0.717) is 6.04 Å². The normalized spacial score (nSPS) is 23.3. The molecule has 0 radical (unpaired) electrons. The van der Waals surface area contributed by atoms with Crippen LogP contribution >= 0.6 is 27.5 Å². The standard InChI is InChI=1S/C18H27BrClN/c1-13(2)21-12-16-7-5-3-4-6-14(16)10-15-8-9-17(19)11-18(15)20/h8-9,11,13-14,16,21H,3-7,10,12H2,1-2H3. The van der Waals surface area contributed by atoms with Gasteiger partial charge in [0.1, 0.15) is 0 Å². The summed E-state index contributed by atoms with van der Waals surface area (Å²) >= 11 is 9.91. The molecule has 0 saturated heterocycles. The van der Waals surface area contributed by atoms with Crippen molar-refractivity contribution in [3.05, 3.63) is 33.3 Å². The van der Waals surface area contributed by atoms with E-state index in [1.54, 1.807) is 0 Å². The highest BCUT2D eigenvalue weighted by Gasteiger charge is 2.24. The molecule has 3 heteroatoms. The third-order valence-corrected chi connectivity index (χ3v) is 5.45. The lowest BCUT2D eigenvalue weighted by atomic mass is 9.83. The van der Waals surface area contributed by atoms with Crippen LogP contribution in [-0.2, 0) is 6.42 Å². The van der Waals surface area contributed by atoms with Crippen molar-refractivity contribution in [1.29, 1.82) is 0 Å². The zero-order valence-electron chi connectivity index (χ0n) is 13.2. The Labute approximate surface area is 143 Å². The molecule has 0 spiro atoms. The Morgan fingerprint density at radius 2 is 1.90 bits per heavy atom. The lowest BCUT2D eigenvalue weighted by Crippen LogP contribution is -2.33. The average molecular weight is 373 g/mol. The van der Waals surface area contributed by atoms with Crippen molar-refractivity contribution < 1.29 is 0 Å². The largest absolute Gasteiger partial charge is 0.314 e. The van der Waals surface area contributed by atoms with Crippen molar-refractivity contribution in [1.82, 2.24) is 5.32 Å². The molecular formula is C18H27BrClN. The lowest BCUT2D eigenvalue weighted by Gasteiger charge is -2.27. The highest BCUT2D eigenvalue weighted by atomic mass is 79.9. The first kappa shape index (κ1) is 17.3. The van der Waals surface area contributed by atoms with E-state index < -0.39 is 0 Å². The van der Waals surface area contributed by atoms with Crippen LogP contribution in [0.3, 0.4) is 0 Å². The van der Waals surface area contributed by atoms with Gasteiger partial charge in [-0.1, -0.05) is 66.7 Å². The number of nitrogens with one attached hydrogen (secondary N) is 1. The molecule has 1 N–H and O–H groups in total. The molecule has 1 aromatic rings. The van der Waals surface area contributed by atoms with E-state index in [0.717, 1.165) is 34.3 Å². The predicted octanol–water partition coefficient (Wildman–Crippen LogP) is 5.84. The summed E-state index contributed by atoms with van der Waals surface area (Å²) in [4.78, 5) is 0. The maximum absolute atomic E-state index is 6.42. The molecule has 2 rings (SSSR count). The van der Waals surface area contributed by atoms with E-state index in [2.05, 4.69) is 47.2 Å². The van der Waals surface area contributed by atoms with Gasteiger partial charge in [-0.05, 0) is 55.3 Å². The first-order chi connectivity index (χ1) is 10.1. The fourth-order valence-electron chi connectivity index (χ4n) is 3.36. The van der Waals surface area contributed by atoms with Gasteiger partial charge in [0, 0.05) is 15.5 Å². The van der Waals surface area contributed by atoms with Gasteiger partial charge in [0.25, 0.3) is 0 Å². The molecule has 2 unspecified atom stereocenters. The molecule has 0 aliphatic heterocycles. The van der Waals surface area contributed by atoms with Crippen molar-refractivity contribution >= 4 is 27.5 Å². The molecule has 1 aliphatic carbocycles. The SMILES string of the molecule is CC(C)NCC1CCCCCC1Cc1ccc(Br)cc1Cl. The van der Waals surface area contributed by atoms with E-state index in [1.165, 1.54) is 37.7 Å². The first-order valence-corrected chi connectivity index (χ1v) is 9.40. The Balaban J connectivity index is 2.05. The van der Waals surface area contributed by atoms with Crippen LogP contribution in [0.1, 0.15) is 51.5 Å². The van der Waals surface area contributed by atoms with Gasteiger partial charge in [-0.25, -0.2) is 0 Å². The molecular weight excluding hydrogens is 346 g/mol. The molecule has 1 nitrogen and oxygen atoms in total. The van der Waals surface area contributed by atoms with Crippen molar-refractivity contribution in [2.75, 3.05) is 6.54 Å². The maximum Gasteiger partial charge on any atom is 0.0449 e. The van der Waals surface area contributed by atoms with Crippen molar-refractivity contribution in [3.63, 3.8) is 0 Å². The van der Waals surface area contributed by atoms with Crippen LogP contribution in [0.5, 0.6) is 0 Å². The predicted molar refractivity (Wildman–Crippen MR) is 96.1 cm³/mol. The summed E-state index contributed by atoms with van der Waals surface area (Å²) in [6.07, 6.45) is 7.97. The Morgan fingerprint density at radius 1 is 1.19 bits per heavy atom. The molecule has 1 aliphatic rings. The molecule has 1 aromatic carbocycles. The number of halogens is 2. The third-order valence-electron chi connectivity index (χ3n) is 4.60. The third kappa shape index (κ3) is 5.58. The van der Waals surface area contributed by atoms with E-state index in [-0.39, 0.29) is 0 Å².